The van der Waals surface area contributed by atoms with Gasteiger partial charge in [0, 0.05) is 17.4 Å². The van der Waals surface area contributed by atoms with Gasteiger partial charge >= 0.3 is 6.36 Å². The lowest BCUT2D eigenvalue weighted by atomic mass is 10.0. The maximum absolute atomic E-state index is 12.2. The van der Waals surface area contributed by atoms with Crippen molar-refractivity contribution in [3.05, 3.63) is 29.8 Å². The third-order valence-corrected chi connectivity index (χ3v) is 5.16. The van der Waals surface area contributed by atoms with E-state index in [2.05, 4.69) is 11.7 Å². The SMILES string of the molecule is CCCCC1COC(CCC2COC(c3ccc(OC(F)(F)F)cc3)OC2)OC1. The Balaban J connectivity index is 1.34. The van der Waals surface area contributed by atoms with Gasteiger partial charge in [-0.3, -0.25) is 0 Å². The fourth-order valence-electron chi connectivity index (χ4n) is 3.51. The number of hydrogen-bond acceptors (Lipinski definition) is 5. The molecule has 0 amide bonds. The van der Waals surface area contributed by atoms with Gasteiger partial charge in [-0.1, -0.05) is 31.9 Å². The predicted octanol–water partition coefficient (Wildman–Crippen LogP) is 5.21. The van der Waals surface area contributed by atoms with Crippen LogP contribution >= 0.6 is 0 Å². The Kier molecular flexibility index (Phi) is 8.17. The first kappa shape index (κ1) is 22.3. The van der Waals surface area contributed by atoms with Crippen LogP contribution in [0.3, 0.4) is 0 Å². The summed E-state index contributed by atoms with van der Waals surface area (Å²) >= 11 is 0. The first-order valence-corrected chi connectivity index (χ1v) is 10.2. The van der Waals surface area contributed by atoms with Crippen LogP contribution in [0, 0.1) is 11.8 Å². The molecule has 2 aliphatic rings. The molecule has 0 unspecified atom stereocenters. The highest BCUT2D eigenvalue weighted by molar-refractivity contribution is 5.28. The van der Waals surface area contributed by atoms with E-state index in [4.69, 9.17) is 18.9 Å². The van der Waals surface area contributed by atoms with Gasteiger partial charge in [0.15, 0.2) is 12.6 Å². The standard InChI is InChI=1S/C21H29F3O5/c1-2-3-4-15-11-25-19(26-12-15)10-5-16-13-27-20(28-14-16)17-6-8-18(9-7-17)29-21(22,23)24/h6-9,15-16,19-20H,2-5,10-14H2,1H3. The van der Waals surface area contributed by atoms with E-state index in [0.29, 0.717) is 24.7 Å². The van der Waals surface area contributed by atoms with Crippen LogP contribution in [0.5, 0.6) is 5.75 Å². The fourth-order valence-corrected chi connectivity index (χ4v) is 3.51. The fraction of sp³-hybridized carbons (Fsp3) is 0.714. The van der Waals surface area contributed by atoms with Crippen LogP contribution in [0.25, 0.3) is 0 Å². The van der Waals surface area contributed by atoms with Crippen molar-refractivity contribution in [1.29, 1.82) is 0 Å². The molecule has 1 aromatic rings. The summed E-state index contributed by atoms with van der Waals surface area (Å²) < 4.78 is 63.7. The van der Waals surface area contributed by atoms with Crippen molar-refractivity contribution < 1.29 is 36.9 Å². The van der Waals surface area contributed by atoms with Crippen LogP contribution in [0.15, 0.2) is 24.3 Å². The van der Waals surface area contributed by atoms with Crippen molar-refractivity contribution in [2.45, 2.75) is 58.0 Å². The zero-order valence-electron chi connectivity index (χ0n) is 16.7. The number of benzene rings is 1. The Morgan fingerprint density at radius 3 is 2.03 bits per heavy atom. The molecule has 8 heteroatoms. The van der Waals surface area contributed by atoms with Gasteiger partial charge in [0.05, 0.1) is 26.4 Å². The highest BCUT2D eigenvalue weighted by Gasteiger charge is 2.31. The molecule has 2 fully saturated rings. The van der Waals surface area contributed by atoms with Gasteiger partial charge in [0.2, 0.25) is 0 Å². The minimum Gasteiger partial charge on any atom is -0.406 e. The number of ether oxygens (including phenoxy) is 5. The second-order valence-electron chi connectivity index (χ2n) is 7.66. The molecule has 164 valence electrons. The van der Waals surface area contributed by atoms with E-state index in [-0.39, 0.29) is 18.0 Å². The Bertz CT molecular complexity index is 591. The Morgan fingerprint density at radius 1 is 0.862 bits per heavy atom. The number of alkyl halides is 3. The summed E-state index contributed by atoms with van der Waals surface area (Å²) in [6.45, 7) is 4.76. The van der Waals surface area contributed by atoms with Crippen LogP contribution in [0.1, 0.15) is 50.9 Å². The molecule has 2 heterocycles. The molecule has 0 atom stereocenters. The average molecular weight is 418 g/mol. The number of unbranched alkanes of at least 4 members (excludes halogenated alkanes) is 1. The molecule has 0 bridgehead atoms. The summed E-state index contributed by atoms with van der Waals surface area (Å²) in [5.41, 5.74) is 0.662. The van der Waals surface area contributed by atoms with Crippen LogP contribution in [-0.4, -0.2) is 39.1 Å². The van der Waals surface area contributed by atoms with Gasteiger partial charge in [-0.25, -0.2) is 0 Å². The highest BCUT2D eigenvalue weighted by Crippen LogP contribution is 2.30. The van der Waals surface area contributed by atoms with Crippen LogP contribution in [0.4, 0.5) is 13.2 Å². The van der Waals surface area contributed by atoms with E-state index in [0.717, 1.165) is 32.5 Å². The highest BCUT2D eigenvalue weighted by atomic mass is 19.4. The van der Waals surface area contributed by atoms with Crippen molar-refractivity contribution in [3.8, 4) is 5.75 Å². The molecule has 0 N–H and O–H groups in total. The predicted molar refractivity (Wildman–Crippen MR) is 99.2 cm³/mol. The maximum Gasteiger partial charge on any atom is 0.573 e. The smallest absolute Gasteiger partial charge is 0.406 e. The Morgan fingerprint density at radius 2 is 1.45 bits per heavy atom. The van der Waals surface area contributed by atoms with E-state index >= 15 is 0 Å². The molecule has 1 aromatic carbocycles. The molecular formula is C21H29F3O5. The minimum atomic E-state index is -4.70. The average Bonchev–Trinajstić information content (AvgIpc) is 2.71. The quantitative estimate of drug-likeness (QED) is 0.580. The lowest BCUT2D eigenvalue weighted by molar-refractivity contribution is -0.274. The first-order chi connectivity index (χ1) is 13.9. The van der Waals surface area contributed by atoms with E-state index in [9.17, 15) is 13.2 Å². The molecular weight excluding hydrogens is 389 g/mol. The van der Waals surface area contributed by atoms with Crippen molar-refractivity contribution in [3.63, 3.8) is 0 Å². The Labute approximate surface area is 169 Å². The van der Waals surface area contributed by atoms with E-state index in [1.807, 2.05) is 0 Å². The molecule has 2 saturated heterocycles. The first-order valence-electron chi connectivity index (χ1n) is 10.2. The van der Waals surface area contributed by atoms with Crippen molar-refractivity contribution in [1.82, 2.24) is 0 Å². The topological polar surface area (TPSA) is 46.2 Å². The molecule has 0 saturated carbocycles. The molecule has 2 aliphatic heterocycles. The van der Waals surface area contributed by atoms with Crippen LogP contribution < -0.4 is 4.74 Å². The molecule has 0 aliphatic carbocycles. The van der Waals surface area contributed by atoms with Gasteiger partial charge < -0.3 is 23.7 Å². The molecule has 0 radical (unpaired) electrons. The second kappa shape index (κ2) is 10.6. The lowest BCUT2D eigenvalue weighted by Gasteiger charge is -2.32. The van der Waals surface area contributed by atoms with Crippen LogP contribution in [0.2, 0.25) is 0 Å². The summed E-state index contributed by atoms with van der Waals surface area (Å²) in [5.74, 6) is 0.477. The third-order valence-electron chi connectivity index (χ3n) is 5.16. The van der Waals surface area contributed by atoms with Gasteiger partial charge in [-0.15, -0.1) is 13.2 Å². The molecule has 3 rings (SSSR count). The largest absolute Gasteiger partial charge is 0.573 e. The molecule has 29 heavy (non-hydrogen) atoms. The summed E-state index contributed by atoms with van der Waals surface area (Å²) in [5, 5.41) is 0. The number of halogens is 3. The zero-order chi connectivity index (χ0) is 20.7. The van der Waals surface area contributed by atoms with Crippen LogP contribution in [-0.2, 0) is 18.9 Å². The normalized spacial score (nSPS) is 28.3. The third kappa shape index (κ3) is 7.44. The summed E-state index contributed by atoms with van der Waals surface area (Å²) in [6, 6.07) is 5.55. The monoisotopic (exact) mass is 418 g/mol. The Hall–Kier alpha value is -1.35. The number of hydrogen-bond donors (Lipinski definition) is 0. The van der Waals surface area contributed by atoms with Gasteiger partial charge in [-0.05, 0) is 31.4 Å². The molecule has 0 aromatic heterocycles. The second-order valence-corrected chi connectivity index (χ2v) is 7.66. The lowest BCUT2D eigenvalue weighted by Crippen LogP contribution is -2.33. The van der Waals surface area contributed by atoms with Gasteiger partial charge in [0.25, 0.3) is 0 Å². The van der Waals surface area contributed by atoms with Crippen molar-refractivity contribution >= 4 is 0 Å². The summed E-state index contributed by atoms with van der Waals surface area (Å²) in [7, 11) is 0. The van der Waals surface area contributed by atoms with E-state index < -0.39 is 12.7 Å². The van der Waals surface area contributed by atoms with E-state index in [1.165, 1.54) is 37.1 Å². The maximum atomic E-state index is 12.2. The molecule has 0 spiro atoms. The van der Waals surface area contributed by atoms with E-state index in [1.54, 1.807) is 0 Å². The van der Waals surface area contributed by atoms with Gasteiger partial charge in [-0.2, -0.15) is 0 Å². The van der Waals surface area contributed by atoms with Crippen molar-refractivity contribution in [2.24, 2.45) is 11.8 Å². The number of rotatable bonds is 8. The minimum absolute atomic E-state index is 0.160. The van der Waals surface area contributed by atoms with Crippen molar-refractivity contribution in [2.75, 3.05) is 26.4 Å². The zero-order valence-corrected chi connectivity index (χ0v) is 16.7. The van der Waals surface area contributed by atoms with Gasteiger partial charge in [0.1, 0.15) is 5.75 Å². The summed E-state index contributed by atoms with van der Waals surface area (Å²) in [4.78, 5) is 0. The molecule has 5 nitrogen and oxygen atoms in total. The summed E-state index contributed by atoms with van der Waals surface area (Å²) in [6.07, 6.45) is -0.222.